The van der Waals surface area contributed by atoms with E-state index in [4.69, 9.17) is 0 Å². The second kappa shape index (κ2) is 5.87. The fraction of sp³-hybridized carbons (Fsp3) is 1.00. The largest absolute Gasteiger partial charge is 0.393 e. The first-order valence-electron chi connectivity index (χ1n) is 6.95. The molecule has 2 N–H and O–H groups in total. The highest BCUT2D eigenvalue weighted by Gasteiger charge is 2.29. The van der Waals surface area contributed by atoms with Crippen LogP contribution in [0.1, 0.15) is 34.6 Å². The summed E-state index contributed by atoms with van der Waals surface area (Å²) in [5.74, 6) is 0. The molecule has 1 atom stereocenters. The molecule has 0 radical (unpaired) electrons. The first-order valence-corrected chi connectivity index (χ1v) is 6.95. The van der Waals surface area contributed by atoms with Gasteiger partial charge in [-0.05, 0) is 20.8 Å². The Morgan fingerprint density at radius 1 is 0.944 bits per heavy atom. The van der Waals surface area contributed by atoms with E-state index in [-0.39, 0.29) is 11.5 Å². The molecule has 0 amide bonds. The van der Waals surface area contributed by atoms with E-state index in [2.05, 4.69) is 23.6 Å². The van der Waals surface area contributed by atoms with Gasteiger partial charge in [-0.15, -0.1) is 0 Å². The van der Waals surface area contributed by atoms with Crippen LogP contribution in [0.2, 0.25) is 0 Å². The Labute approximate surface area is 112 Å². The molecule has 1 aliphatic rings. The van der Waals surface area contributed by atoms with Crippen LogP contribution in [-0.4, -0.2) is 71.0 Å². The fourth-order valence-corrected chi connectivity index (χ4v) is 2.36. The standard InChI is InChI=1S/C14H30N2O2/c1-12(17)13(2,3)10-15-6-8-16(9-7-15)11-14(4,5)18/h12,17-18H,6-11H2,1-5H3. The van der Waals surface area contributed by atoms with Crippen molar-refractivity contribution in [2.75, 3.05) is 39.3 Å². The first kappa shape index (κ1) is 15.9. The SMILES string of the molecule is CC(O)C(C)(C)CN1CCN(CC(C)(C)O)CC1. The van der Waals surface area contributed by atoms with Crippen LogP contribution in [0.5, 0.6) is 0 Å². The highest BCUT2D eigenvalue weighted by atomic mass is 16.3. The van der Waals surface area contributed by atoms with E-state index >= 15 is 0 Å². The number of aliphatic hydroxyl groups excluding tert-OH is 1. The molecule has 4 nitrogen and oxygen atoms in total. The molecule has 108 valence electrons. The molecule has 0 aromatic rings. The van der Waals surface area contributed by atoms with Gasteiger partial charge in [0.2, 0.25) is 0 Å². The molecule has 18 heavy (non-hydrogen) atoms. The Morgan fingerprint density at radius 3 is 1.67 bits per heavy atom. The molecule has 1 aliphatic heterocycles. The molecule has 1 unspecified atom stereocenters. The van der Waals surface area contributed by atoms with Crippen LogP contribution >= 0.6 is 0 Å². The average molecular weight is 258 g/mol. The van der Waals surface area contributed by atoms with Gasteiger partial charge in [-0.1, -0.05) is 13.8 Å². The molecule has 0 aliphatic carbocycles. The zero-order chi connectivity index (χ0) is 14.0. The third kappa shape index (κ3) is 5.22. The van der Waals surface area contributed by atoms with Gasteiger partial charge in [0.1, 0.15) is 0 Å². The Balaban J connectivity index is 2.36. The fourth-order valence-electron chi connectivity index (χ4n) is 2.36. The molecule has 0 bridgehead atoms. The summed E-state index contributed by atoms with van der Waals surface area (Å²) in [5.41, 5.74) is -0.667. The lowest BCUT2D eigenvalue weighted by Gasteiger charge is -2.41. The lowest BCUT2D eigenvalue weighted by Crippen LogP contribution is -2.53. The van der Waals surface area contributed by atoms with Crippen molar-refractivity contribution in [1.82, 2.24) is 9.80 Å². The number of hydrogen-bond donors (Lipinski definition) is 2. The number of nitrogens with zero attached hydrogens (tertiary/aromatic N) is 2. The van der Waals surface area contributed by atoms with Gasteiger partial charge in [-0.25, -0.2) is 0 Å². The number of aliphatic hydroxyl groups is 2. The third-order valence-electron chi connectivity index (χ3n) is 3.84. The van der Waals surface area contributed by atoms with Crippen molar-refractivity contribution < 1.29 is 10.2 Å². The molecule has 1 heterocycles. The van der Waals surface area contributed by atoms with Crippen LogP contribution < -0.4 is 0 Å². The number of β-amino-alcohol motifs (C(OH)–C–C–N with tert-alkyl or cyclic N) is 1. The molecule has 4 heteroatoms. The van der Waals surface area contributed by atoms with Crippen LogP contribution in [-0.2, 0) is 0 Å². The normalized spacial score (nSPS) is 22.2. The Bertz CT molecular complexity index is 251. The summed E-state index contributed by atoms with van der Waals surface area (Å²) in [4.78, 5) is 4.72. The van der Waals surface area contributed by atoms with E-state index < -0.39 is 5.60 Å². The maximum atomic E-state index is 9.81. The van der Waals surface area contributed by atoms with Crippen molar-refractivity contribution in [2.24, 2.45) is 5.41 Å². The summed E-state index contributed by atoms with van der Waals surface area (Å²) in [6.07, 6.45) is -0.285. The van der Waals surface area contributed by atoms with Gasteiger partial charge in [0.25, 0.3) is 0 Å². The summed E-state index contributed by atoms with van der Waals surface area (Å²) in [7, 11) is 0. The van der Waals surface area contributed by atoms with Crippen LogP contribution in [0.15, 0.2) is 0 Å². The van der Waals surface area contributed by atoms with Gasteiger partial charge in [0.05, 0.1) is 11.7 Å². The molecule has 0 saturated carbocycles. The zero-order valence-electron chi connectivity index (χ0n) is 12.6. The van der Waals surface area contributed by atoms with Crippen LogP contribution in [0.3, 0.4) is 0 Å². The van der Waals surface area contributed by atoms with Gasteiger partial charge >= 0.3 is 0 Å². The van der Waals surface area contributed by atoms with Crippen molar-refractivity contribution in [3.63, 3.8) is 0 Å². The van der Waals surface area contributed by atoms with E-state index in [0.717, 1.165) is 39.3 Å². The Morgan fingerprint density at radius 2 is 1.33 bits per heavy atom. The minimum absolute atomic E-state index is 0.0571. The molecule has 1 fully saturated rings. The highest BCUT2D eigenvalue weighted by molar-refractivity contribution is 4.83. The molecule has 0 aromatic heterocycles. The van der Waals surface area contributed by atoms with Gasteiger partial charge < -0.3 is 15.1 Å². The number of piperazine rings is 1. The van der Waals surface area contributed by atoms with Crippen molar-refractivity contribution in [3.05, 3.63) is 0 Å². The highest BCUT2D eigenvalue weighted by Crippen LogP contribution is 2.22. The molecule has 1 rings (SSSR count). The van der Waals surface area contributed by atoms with E-state index in [1.165, 1.54) is 0 Å². The van der Waals surface area contributed by atoms with E-state index in [1.54, 1.807) is 0 Å². The Hall–Kier alpha value is -0.160. The smallest absolute Gasteiger partial charge is 0.0718 e. The van der Waals surface area contributed by atoms with Crippen molar-refractivity contribution in [1.29, 1.82) is 0 Å². The first-order chi connectivity index (χ1) is 8.10. The van der Waals surface area contributed by atoms with Gasteiger partial charge in [-0.3, -0.25) is 4.90 Å². The molecule has 1 saturated heterocycles. The van der Waals surface area contributed by atoms with Crippen LogP contribution in [0.4, 0.5) is 0 Å². The maximum Gasteiger partial charge on any atom is 0.0718 e. The van der Waals surface area contributed by atoms with Crippen LogP contribution in [0.25, 0.3) is 0 Å². The molecular weight excluding hydrogens is 228 g/mol. The topological polar surface area (TPSA) is 46.9 Å². The maximum absolute atomic E-state index is 9.81. The van der Waals surface area contributed by atoms with Gasteiger partial charge in [-0.2, -0.15) is 0 Å². The summed E-state index contributed by atoms with van der Waals surface area (Å²) in [6, 6.07) is 0. The quantitative estimate of drug-likeness (QED) is 0.765. The monoisotopic (exact) mass is 258 g/mol. The van der Waals surface area contributed by atoms with Crippen molar-refractivity contribution >= 4 is 0 Å². The zero-order valence-corrected chi connectivity index (χ0v) is 12.6. The second-order valence-corrected chi connectivity index (χ2v) is 7.03. The predicted molar refractivity (Wildman–Crippen MR) is 74.6 cm³/mol. The lowest BCUT2D eigenvalue weighted by atomic mass is 9.86. The summed E-state index contributed by atoms with van der Waals surface area (Å²) < 4.78 is 0. The summed E-state index contributed by atoms with van der Waals surface area (Å²) in [5, 5.41) is 19.6. The van der Waals surface area contributed by atoms with Gasteiger partial charge in [0, 0.05) is 44.7 Å². The van der Waals surface area contributed by atoms with E-state index in [9.17, 15) is 10.2 Å². The summed E-state index contributed by atoms with van der Waals surface area (Å²) >= 11 is 0. The predicted octanol–water partition coefficient (Wildman–Crippen LogP) is 0.782. The second-order valence-electron chi connectivity index (χ2n) is 7.03. The van der Waals surface area contributed by atoms with E-state index in [1.807, 2.05) is 20.8 Å². The van der Waals surface area contributed by atoms with Crippen molar-refractivity contribution in [3.8, 4) is 0 Å². The minimum atomic E-state index is -0.610. The van der Waals surface area contributed by atoms with E-state index in [0.29, 0.717) is 0 Å². The molecule has 0 aromatic carbocycles. The number of rotatable bonds is 5. The molecule has 0 spiro atoms. The lowest BCUT2D eigenvalue weighted by molar-refractivity contribution is -0.00394. The van der Waals surface area contributed by atoms with Crippen LogP contribution in [0, 0.1) is 5.41 Å². The van der Waals surface area contributed by atoms with Crippen molar-refractivity contribution in [2.45, 2.75) is 46.3 Å². The minimum Gasteiger partial charge on any atom is -0.393 e. The number of hydrogen-bond acceptors (Lipinski definition) is 4. The third-order valence-corrected chi connectivity index (χ3v) is 3.84. The van der Waals surface area contributed by atoms with Gasteiger partial charge in [0.15, 0.2) is 0 Å². The Kier molecular flexibility index (Phi) is 5.18. The average Bonchev–Trinajstić information content (AvgIpc) is 2.18. The summed E-state index contributed by atoms with van der Waals surface area (Å²) in [6.45, 7) is 15.5. The molecular formula is C14H30N2O2.